The first-order valence-electron chi connectivity index (χ1n) is 5.39. The lowest BCUT2D eigenvalue weighted by Gasteiger charge is -2.23. The van der Waals surface area contributed by atoms with Gasteiger partial charge in [-0.2, -0.15) is 5.10 Å². The maximum atomic E-state index is 4.40. The van der Waals surface area contributed by atoms with E-state index in [2.05, 4.69) is 22.7 Å². The lowest BCUT2D eigenvalue weighted by Crippen LogP contribution is -2.38. The van der Waals surface area contributed by atoms with Gasteiger partial charge in [-0.1, -0.05) is 0 Å². The van der Waals surface area contributed by atoms with Crippen molar-refractivity contribution in [3.05, 3.63) is 12.3 Å². The maximum absolute atomic E-state index is 4.40. The first kappa shape index (κ1) is 9.52. The molecule has 4 nitrogen and oxygen atoms in total. The van der Waals surface area contributed by atoms with Crippen molar-refractivity contribution in [3.63, 3.8) is 0 Å². The molecular weight excluding hydrogens is 176 g/mol. The van der Waals surface area contributed by atoms with E-state index in [1.54, 1.807) is 0 Å². The van der Waals surface area contributed by atoms with Crippen LogP contribution in [0.2, 0.25) is 0 Å². The molecule has 2 N–H and O–H groups in total. The predicted molar refractivity (Wildman–Crippen MR) is 57.4 cm³/mol. The number of nitrogens with one attached hydrogen (secondary N) is 2. The molecule has 2 rings (SSSR count). The standard InChI is InChI=1S/C10H18N4/c1-2-14-7-5-10(13-14)12-9-4-3-6-11-8-9/h5,7,9,11H,2-4,6,8H2,1H3,(H,12,13). The normalized spacial score (nSPS) is 22.2. The summed E-state index contributed by atoms with van der Waals surface area (Å²) < 4.78 is 1.94. The molecule has 78 valence electrons. The zero-order valence-corrected chi connectivity index (χ0v) is 8.66. The third kappa shape index (κ3) is 2.26. The maximum Gasteiger partial charge on any atom is 0.148 e. The highest BCUT2D eigenvalue weighted by molar-refractivity contribution is 5.33. The Bertz CT molecular complexity index is 275. The quantitative estimate of drug-likeness (QED) is 0.756. The highest BCUT2D eigenvalue weighted by atomic mass is 15.3. The van der Waals surface area contributed by atoms with E-state index < -0.39 is 0 Å². The largest absolute Gasteiger partial charge is 0.365 e. The van der Waals surface area contributed by atoms with Crippen molar-refractivity contribution in [1.29, 1.82) is 0 Å². The van der Waals surface area contributed by atoms with Crippen LogP contribution in [0, 0.1) is 0 Å². The van der Waals surface area contributed by atoms with Gasteiger partial charge in [0.15, 0.2) is 0 Å². The Labute approximate surface area is 84.7 Å². The summed E-state index contributed by atoms with van der Waals surface area (Å²) in [7, 11) is 0. The summed E-state index contributed by atoms with van der Waals surface area (Å²) in [5, 5.41) is 11.2. The van der Waals surface area contributed by atoms with Crippen LogP contribution in [0.25, 0.3) is 0 Å². The second-order valence-electron chi connectivity index (χ2n) is 3.74. The molecule has 2 heterocycles. The lowest BCUT2D eigenvalue weighted by atomic mass is 10.1. The minimum Gasteiger partial charge on any atom is -0.365 e. The fourth-order valence-corrected chi connectivity index (χ4v) is 1.80. The number of nitrogens with zero attached hydrogens (tertiary/aromatic N) is 2. The Balaban J connectivity index is 1.89. The van der Waals surface area contributed by atoms with Crippen molar-refractivity contribution in [2.24, 2.45) is 0 Å². The summed E-state index contributed by atoms with van der Waals surface area (Å²) in [4.78, 5) is 0. The Morgan fingerprint density at radius 3 is 3.29 bits per heavy atom. The second kappa shape index (κ2) is 4.46. The zero-order chi connectivity index (χ0) is 9.80. The third-order valence-corrected chi connectivity index (χ3v) is 2.61. The van der Waals surface area contributed by atoms with E-state index in [-0.39, 0.29) is 0 Å². The molecule has 0 saturated carbocycles. The van der Waals surface area contributed by atoms with Crippen molar-refractivity contribution in [2.75, 3.05) is 18.4 Å². The number of piperidine rings is 1. The summed E-state index contributed by atoms with van der Waals surface area (Å²) in [6.07, 6.45) is 4.51. The first-order chi connectivity index (χ1) is 6.88. The Hall–Kier alpha value is -1.03. The first-order valence-corrected chi connectivity index (χ1v) is 5.39. The predicted octanol–water partition coefficient (Wildman–Crippen LogP) is 1.07. The third-order valence-electron chi connectivity index (χ3n) is 2.61. The minimum atomic E-state index is 0.545. The fourth-order valence-electron chi connectivity index (χ4n) is 1.80. The van der Waals surface area contributed by atoms with Gasteiger partial charge in [0.2, 0.25) is 0 Å². The smallest absolute Gasteiger partial charge is 0.148 e. The van der Waals surface area contributed by atoms with Gasteiger partial charge < -0.3 is 10.6 Å². The van der Waals surface area contributed by atoms with Gasteiger partial charge in [-0.3, -0.25) is 4.68 Å². The summed E-state index contributed by atoms with van der Waals surface area (Å²) >= 11 is 0. The SMILES string of the molecule is CCn1ccc(NC2CCCNC2)n1. The summed E-state index contributed by atoms with van der Waals surface area (Å²) in [6, 6.07) is 2.59. The van der Waals surface area contributed by atoms with E-state index in [9.17, 15) is 0 Å². The van der Waals surface area contributed by atoms with Crippen LogP contribution in [0.15, 0.2) is 12.3 Å². The highest BCUT2D eigenvalue weighted by Gasteiger charge is 2.12. The molecule has 0 radical (unpaired) electrons. The number of hydrogen-bond donors (Lipinski definition) is 2. The van der Waals surface area contributed by atoms with Crippen LogP contribution >= 0.6 is 0 Å². The van der Waals surface area contributed by atoms with Gasteiger partial charge in [0.25, 0.3) is 0 Å². The molecule has 0 aromatic carbocycles. The summed E-state index contributed by atoms with van der Waals surface area (Å²) in [6.45, 7) is 5.24. The van der Waals surface area contributed by atoms with E-state index in [4.69, 9.17) is 0 Å². The second-order valence-corrected chi connectivity index (χ2v) is 3.74. The molecule has 0 bridgehead atoms. The minimum absolute atomic E-state index is 0.545. The number of anilines is 1. The molecule has 4 heteroatoms. The average molecular weight is 194 g/mol. The molecule has 1 aliphatic rings. The molecule has 1 aromatic heterocycles. The van der Waals surface area contributed by atoms with Gasteiger partial charge in [0.05, 0.1) is 0 Å². The van der Waals surface area contributed by atoms with Gasteiger partial charge in [-0.05, 0) is 26.3 Å². The van der Waals surface area contributed by atoms with Gasteiger partial charge in [0.1, 0.15) is 5.82 Å². The van der Waals surface area contributed by atoms with Gasteiger partial charge in [0, 0.05) is 31.4 Å². The van der Waals surface area contributed by atoms with Crippen LogP contribution in [0.1, 0.15) is 19.8 Å². The highest BCUT2D eigenvalue weighted by Crippen LogP contribution is 2.09. The molecule has 0 spiro atoms. The van der Waals surface area contributed by atoms with Crippen molar-refractivity contribution < 1.29 is 0 Å². The topological polar surface area (TPSA) is 41.9 Å². The van der Waals surface area contributed by atoms with Crippen molar-refractivity contribution in [2.45, 2.75) is 32.4 Å². The molecule has 0 aliphatic carbocycles. The van der Waals surface area contributed by atoms with Crippen LogP contribution in [0.3, 0.4) is 0 Å². The van der Waals surface area contributed by atoms with Gasteiger partial charge in [-0.25, -0.2) is 0 Å². The van der Waals surface area contributed by atoms with Gasteiger partial charge in [-0.15, -0.1) is 0 Å². The van der Waals surface area contributed by atoms with Crippen LogP contribution in [-0.4, -0.2) is 28.9 Å². The molecule has 1 unspecified atom stereocenters. The molecule has 1 atom stereocenters. The molecule has 14 heavy (non-hydrogen) atoms. The van der Waals surface area contributed by atoms with Crippen LogP contribution in [0.5, 0.6) is 0 Å². The number of hydrogen-bond acceptors (Lipinski definition) is 3. The van der Waals surface area contributed by atoms with Crippen LogP contribution in [0.4, 0.5) is 5.82 Å². The molecule has 1 saturated heterocycles. The van der Waals surface area contributed by atoms with E-state index in [1.165, 1.54) is 12.8 Å². The average Bonchev–Trinajstić information content (AvgIpc) is 2.67. The number of aromatic nitrogens is 2. The molecule has 1 aromatic rings. The number of rotatable bonds is 3. The van der Waals surface area contributed by atoms with E-state index in [0.29, 0.717) is 6.04 Å². The molecule has 1 fully saturated rings. The summed E-state index contributed by atoms with van der Waals surface area (Å²) in [5.41, 5.74) is 0. The van der Waals surface area contributed by atoms with Crippen molar-refractivity contribution in [3.8, 4) is 0 Å². The van der Waals surface area contributed by atoms with Crippen molar-refractivity contribution in [1.82, 2.24) is 15.1 Å². The van der Waals surface area contributed by atoms with Crippen LogP contribution in [-0.2, 0) is 6.54 Å². The summed E-state index contributed by atoms with van der Waals surface area (Å²) in [5.74, 6) is 1.00. The van der Waals surface area contributed by atoms with Crippen molar-refractivity contribution >= 4 is 5.82 Å². The lowest BCUT2D eigenvalue weighted by molar-refractivity contribution is 0.478. The van der Waals surface area contributed by atoms with E-state index in [1.807, 2.05) is 16.9 Å². The monoisotopic (exact) mass is 194 g/mol. The zero-order valence-electron chi connectivity index (χ0n) is 8.66. The number of aryl methyl sites for hydroxylation is 1. The van der Waals surface area contributed by atoms with E-state index in [0.717, 1.165) is 25.5 Å². The molecule has 0 amide bonds. The van der Waals surface area contributed by atoms with Crippen LogP contribution < -0.4 is 10.6 Å². The van der Waals surface area contributed by atoms with E-state index >= 15 is 0 Å². The van der Waals surface area contributed by atoms with Gasteiger partial charge >= 0.3 is 0 Å². The Kier molecular flexibility index (Phi) is 3.03. The Morgan fingerprint density at radius 1 is 1.71 bits per heavy atom. The fraction of sp³-hybridized carbons (Fsp3) is 0.700. The molecular formula is C10H18N4. The Morgan fingerprint density at radius 2 is 2.64 bits per heavy atom. The molecule has 1 aliphatic heterocycles.